The quantitative estimate of drug-likeness (QED) is 0.876. The van der Waals surface area contributed by atoms with Gasteiger partial charge in [0.05, 0.1) is 11.5 Å². The van der Waals surface area contributed by atoms with E-state index in [-0.39, 0.29) is 0 Å². The number of aromatic nitrogens is 1. The van der Waals surface area contributed by atoms with E-state index in [1.807, 2.05) is 25.3 Å². The molecule has 0 atom stereocenters. The number of thiazole rings is 1. The van der Waals surface area contributed by atoms with Crippen molar-refractivity contribution < 1.29 is 4.74 Å². The van der Waals surface area contributed by atoms with Crippen LogP contribution in [0.2, 0.25) is 0 Å². The van der Waals surface area contributed by atoms with E-state index in [0.29, 0.717) is 6.61 Å². The monoisotopic (exact) mass is 274 g/mol. The highest BCUT2D eigenvalue weighted by Gasteiger charge is 2.20. The molecule has 0 saturated heterocycles. The van der Waals surface area contributed by atoms with Crippen molar-refractivity contribution in [2.24, 2.45) is 0 Å². The molecule has 1 N–H and O–H groups in total. The van der Waals surface area contributed by atoms with E-state index in [0.717, 1.165) is 23.3 Å². The van der Waals surface area contributed by atoms with Crippen LogP contribution in [0, 0.1) is 0 Å². The highest BCUT2D eigenvalue weighted by molar-refractivity contribution is 7.15. The first kappa shape index (κ1) is 12.6. The fourth-order valence-electron chi connectivity index (χ4n) is 1.93. The summed E-state index contributed by atoms with van der Waals surface area (Å²) in [5.74, 6) is 0.923. The van der Waals surface area contributed by atoms with E-state index in [4.69, 9.17) is 4.74 Å². The van der Waals surface area contributed by atoms with Crippen molar-refractivity contribution in [1.82, 2.24) is 10.3 Å². The van der Waals surface area contributed by atoms with Gasteiger partial charge in [0, 0.05) is 18.8 Å². The number of hydrogen-bond donors (Lipinski definition) is 1. The third-order valence-electron chi connectivity index (χ3n) is 3.12. The van der Waals surface area contributed by atoms with Crippen molar-refractivity contribution in [2.45, 2.75) is 32.4 Å². The van der Waals surface area contributed by atoms with Gasteiger partial charge in [-0.1, -0.05) is 0 Å². The number of rotatable bonds is 6. The zero-order valence-electron chi connectivity index (χ0n) is 11.1. The molecule has 1 saturated carbocycles. The molecule has 1 fully saturated rings. The molecule has 1 aromatic carbocycles. The van der Waals surface area contributed by atoms with Crippen molar-refractivity contribution in [2.75, 3.05) is 6.61 Å². The van der Waals surface area contributed by atoms with Gasteiger partial charge in [-0.25, -0.2) is 4.98 Å². The molecule has 0 spiro atoms. The summed E-state index contributed by atoms with van der Waals surface area (Å²) in [6.07, 6.45) is 4.60. The predicted molar refractivity (Wildman–Crippen MR) is 78.6 cm³/mol. The fourth-order valence-corrected chi connectivity index (χ4v) is 2.80. The smallest absolute Gasteiger partial charge is 0.119 e. The molecule has 0 unspecified atom stereocenters. The lowest BCUT2D eigenvalue weighted by Gasteiger charge is -2.03. The maximum atomic E-state index is 5.45. The average Bonchev–Trinajstić information content (AvgIpc) is 3.15. The highest BCUT2D eigenvalue weighted by atomic mass is 32.1. The molecule has 3 nitrogen and oxygen atoms in total. The zero-order chi connectivity index (χ0) is 13.1. The minimum atomic E-state index is 0.705. The van der Waals surface area contributed by atoms with Crippen LogP contribution in [-0.2, 0) is 6.54 Å². The second-order valence-electron chi connectivity index (χ2n) is 4.73. The molecule has 1 aliphatic carbocycles. The van der Waals surface area contributed by atoms with Gasteiger partial charge < -0.3 is 10.1 Å². The van der Waals surface area contributed by atoms with Crippen LogP contribution in [0.1, 0.15) is 24.8 Å². The Morgan fingerprint density at radius 3 is 2.79 bits per heavy atom. The Kier molecular flexibility index (Phi) is 3.80. The topological polar surface area (TPSA) is 34.1 Å². The van der Waals surface area contributed by atoms with E-state index < -0.39 is 0 Å². The van der Waals surface area contributed by atoms with Crippen LogP contribution in [0.5, 0.6) is 5.75 Å². The zero-order valence-corrected chi connectivity index (χ0v) is 11.9. The van der Waals surface area contributed by atoms with Crippen LogP contribution >= 0.6 is 11.3 Å². The van der Waals surface area contributed by atoms with E-state index >= 15 is 0 Å². The van der Waals surface area contributed by atoms with Gasteiger partial charge in [0.1, 0.15) is 10.8 Å². The first-order valence-electron chi connectivity index (χ1n) is 6.76. The Bertz CT molecular complexity index is 531. The summed E-state index contributed by atoms with van der Waals surface area (Å²) in [4.78, 5) is 5.69. The first-order chi connectivity index (χ1) is 9.35. The van der Waals surface area contributed by atoms with Gasteiger partial charge in [-0.05, 0) is 49.6 Å². The van der Waals surface area contributed by atoms with Gasteiger partial charge in [0.2, 0.25) is 0 Å². The molecule has 1 heterocycles. The number of nitrogens with one attached hydrogen (secondary N) is 1. The Hall–Kier alpha value is -1.39. The first-order valence-corrected chi connectivity index (χ1v) is 7.58. The average molecular weight is 274 g/mol. The molecule has 0 radical (unpaired) electrons. The molecular weight excluding hydrogens is 256 g/mol. The van der Waals surface area contributed by atoms with E-state index in [2.05, 4.69) is 22.4 Å². The van der Waals surface area contributed by atoms with Gasteiger partial charge >= 0.3 is 0 Å². The Morgan fingerprint density at radius 1 is 1.32 bits per heavy atom. The van der Waals surface area contributed by atoms with E-state index in [9.17, 15) is 0 Å². The minimum absolute atomic E-state index is 0.705. The number of benzene rings is 1. The number of nitrogens with zero attached hydrogens (tertiary/aromatic N) is 1. The second-order valence-corrected chi connectivity index (χ2v) is 5.85. The molecule has 1 aliphatic rings. The van der Waals surface area contributed by atoms with Gasteiger partial charge in [0.25, 0.3) is 0 Å². The van der Waals surface area contributed by atoms with Crippen molar-refractivity contribution >= 4 is 11.3 Å². The van der Waals surface area contributed by atoms with Gasteiger partial charge in [0.15, 0.2) is 0 Å². The number of hydrogen-bond acceptors (Lipinski definition) is 4. The molecule has 100 valence electrons. The summed E-state index contributed by atoms with van der Waals surface area (Å²) in [5.41, 5.74) is 1.21. The summed E-state index contributed by atoms with van der Waals surface area (Å²) in [6, 6.07) is 8.95. The minimum Gasteiger partial charge on any atom is -0.494 e. The molecule has 3 rings (SSSR count). The second kappa shape index (κ2) is 5.72. The normalized spacial score (nSPS) is 14.6. The third-order valence-corrected chi connectivity index (χ3v) is 4.17. The summed E-state index contributed by atoms with van der Waals surface area (Å²) < 4.78 is 5.45. The van der Waals surface area contributed by atoms with Crippen molar-refractivity contribution in [3.8, 4) is 16.2 Å². The molecule has 0 bridgehead atoms. The molecule has 0 aliphatic heterocycles. The summed E-state index contributed by atoms with van der Waals surface area (Å²) in [7, 11) is 0. The lowest BCUT2D eigenvalue weighted by Crippen LogP contribution is -2.14. The van der Waals surface area contributed by atoms with Gasteiger partial charge in [-0.3, -0.25) is 0 Å². The van der Waals surface area contributed by atoms with E-state index in [1.54, 1.807) is 11.3 Å². The third kappa shape index (κ3) is 3.33. The molecule has 2 aromatic rings. The molecule has 1 aromatic heterocycles. The lowest BCUT2D eigenvalue weighted by atomic mass is 10.2. The lowest BCUT2D eigenvalue weighted by molar-refractivity contribution is 0.340. The predicted octanol–water partition coefficient (Wildman–Crippen LogP) is 3.46. The van der Waals surface area contributed by atoms with Gasteiger partial charge in [-0.2, -0.15) is 0 Å². The molecule has 0 amide bonds. The Labute approximate surface area is 117 Å². The van der Waals surface area contributed by atoms with Crippen LogP contribution < -0.4 is 10.1 Å². The molecular formula is C15H18N2OS. The summed E-state index contributed by atoms with van der Waals surface area (Å²) in [6.45, 7) is 3.60. The fraction of sp³-hybridized carbons (Fsp3) is 0.400. The summed E-state index contributed by atoms with van der Waals surface area (Å²) in [5, 5.41) is 4.65. The van der Waals surface area contributed by atoms with Crippen LogP contribution in [0.25, 0.3) is 10.4 Å². The Morgan fingerprint density at radius 2 is 2.11 bits per heavy atom. The summed E-state index contributed by atoms with van der Waals surface area (Å²) >= 11 is 1.76. The van der Waals surface area contributed by atoms with Gasteiger partial charge in [-0.15, -0.1) is 11.3 Å². The molecule has 4 heteroatoms. The van der Waals surface area contributed by atoms with Crippen LogP contribution in [0.4, 0.5) is 0 Å². The van der Waals surface area contributed by atoms with E-state index in [1.165, 1.54) is 23.3 Å². The maximum absolute atomic E-state index is 5.45. The van der Waals surface area contributed by atoms with Crippen molar-refractivity contribution in [1.29, 1.82) is 0 Å². The van der Waals surface area contributed by atoms with Crippen LogP contribution in [0.15, 0.2) is 30.5 Å². The van der Waals surface area contributed by atoms with Crippen LogP contribution in [0.3, 0.4) is 0 Å². The van der Waals surface area contributed by atoms with Crippen LogP contribution in [-0.4, -0.2) is 17.6 Å². The highest BCUT2D eigenvalue weighted by Crippen LogP contribution is 2.28. The van der Waals surface area contributed by atoms with Crippen molar-refractivity contribution in [3.63, 3.8) is 0 Å². The largest absolute Gasteiger partial charge is 0.494 e. The van der Waals surface area contributed by atoms with Crippen molar-refractivity contribution in [3.05, 3.63) is 35.5 Å². The number of ether oxygens (including phenoxy) is 1. The Balaban J connectivity index is 1.66. The SMILES string of the molecule is CCOc1ccc(-c2cnc(CNC3CC3)s2)cc1. The molecule has 19 heavy (non-hydrogen) atoms. The maximum Gasteiger partial charge on any atom is 0.119 e. The standard InChI is InChI=1S/C15H18N2OS/c1-2-18-13-7-3-11(4-8-13)14-9-17-15(19-14)10-16-12-5-6-12/h3-4,7-9,12,16H,2,5-6,10H2,1H3.